The molecule has 0 N–H and O–H groups in total. The minimum atomic E-state index is -0.185. The Morgan fingerprint density at radius 3 is 0.487 bits per heavy atom. The topological polar surface area (TPSA) is 0 Å². The van der Waals surface area contributed by atoms with Crippen molar-refractivity contribution in [1.82, 2.24) is 0 Å². The summed E-state index contributed by atoms with van der Waals surface area (Å²) in [5.74, 6) is 0. The molecule has 0 aliphatic carbocycles. The van der Waals surface area contributed by atoms with E-state index in [0.29, 0.717) is 41.2 Å². The molecule has 412 valence electrons. The summed E-state index contributed by atoms with van der Waals surface area (Å²) in [4.78, 5) is 0. The van der Waals surface area contributed by atoms with Gasteiger partial charge in [0.1, 0.15) is 0 Å². The molecule has 0 radical (unpaired) electrons. The van der Waals surface area contributed by atoms with Gasteiger partial charge in [0.25, 0.3) is 0 Å². The molecule has 0 atom stereocenters. The van der Waals surface area contributed by atoms with Gasteiger partial charge >= 0.3 is 43.4 Å². The van der Waals surface area contributed by atoms with Crippen LogP contribution in [0.25, 0.3) is 43.1 Å². The molecule has 0 unspecified atom stereocenters. The van der Waals surface area contributed by atoms with E-state index >= 15 is 0 Å². The van der Waals surface area contributed by atoms with Gasteiger partial charge in [-0.1, -0.05) is 222 Å². The van der Waals surface area contributed by atoms with E-state index in [9.17, 15) is 0 Å². The zero-order valence-electron chi connectivity index (χ0n) is 51.4. The van der Waals surface area contributed by atoms with E-state index in [-0.39, 0.29) is 99.9 Å². The van der Waals surface area contributed by atoms with Crippen LogP contribution in [0.15, 0.2) is 146 Å². The fourth-order valence-corrected chi connectivity index (χ4v) is 28.6. The number of benzene rings is 4. The fraction of sp³-hybridized carbons (Fsp3) is 0.471. The first-order chi connectivity index (χ1) is 32.8. The van der Waals surface area contributed by atoms with Crippen molar-refractivity contribution in [2.24, 2.45) is 0 Å². The average Bonchev–Trinajstić information content (AvgIpc) is 3.98. The molecule has 8 rings (SSSR count). The predicted octanol–water partition coefficient (Wildman–Crippen LogP) is 15.1. The third kappa shape index (κ3) is 19.6. The number of fused-ring (bicyclic) bond motifs is 4. The zero-order valence-corrected chi connectivity index (χ0v) is 59.6. The summed E-state index contributed by atoms with van der Waals surface area (Å²) >= 11 is 0. The predicted molar refractivity (Wildman–Crippen MR) is 342 cm³/mol. The monoisotopic (exact) mass is 1200 g/mol. The van der Waals surface area contributed by atoms with Crippen LogP contribution in [-0.2, 0) is 43.4 Å². The molecular weight excluding hydrogens is 1110 g/mol. The van der Waals surface area contributed by atoms with Crippen LogP contribution in [0, 0.1) is 0 Å². The standard InChI is InChI=1S/4C17H24P.2ClH.2Ti/c4*1-16(2,3)18(17(4,5)6)15-11-13-9-7-8-10-14(13)12-15;;;;/h4*7-12H,1-6H3;2*1H;;/q4*-1;;;2*+2/p-2. The van der Waals surface area contributed by atoms with Crippen molar-refractivity contribution >= 4 is 96.0 Å². The summed E-state index contributed by atoms with van der Waals surface area (Å²) in [6, 6.07) is 54.0. The molecular formula is C68H96Cl2P4Ti2-2. The average molecular weight is 1200 g/mol. The summed E-state index contributed by atoms with van der Waals surface area (Å²) in [6.07, 6.45) is 0. The maximum atomic E-state index is 2.40. The second kappa shape index (κ2) is 27.9. The van der Waals surface area contributed by atoms with Gasteiger partial charge in [-0.15, -0.1) is 161 Å². The quantitative estimate of drug-likeness (QED) is 0.0936. The van der Waals surface area contributed by atoms with E-state index in [1.165, 1.54) is 43.1 Å². The number of rotatable bonds is 4. The van der Waals surface area contributed by atoms with E-state index in [1.807, 2.05) is 0 Å². The van der Waals surface area contributed by atoms with Gasteiger partial charge in [0.15, 0.2) is 0 Å². The molecule has 76 heavy (non-hydrogen) atoms. The van der Waals surface area contributed by atoms with Crippen molar-refractivity contribution in [3.05, 3.63) is 146 Å². The molecule has 0 saturated heterocycles. The van der Waals surface area contributed by atoms with Crippen molar-refractivity contribution in [1.29, 1.82) is 0 Å². The zero-order chi connectivity index (χ0) is 54.2. The Bertz CT molecular complexity index is 2380. The molecule has 0 heterocycles. The molecule has 8 aromatic rings. The van der Waals surface area contributed by atoms with E-state index in [4.69, 9.17) is 0 Å². The normalized spacial score (nSPS) is 12.8. The molecule has 0 spiro atoms. The van der Waals surface area contributed by atoms with E-state index in [1.54, 1.807) is 21.2 Å². The molecule has 0 nitrogen and oxygen atoms in total. The maximum absolute atomic E-state index is 2.40. The van der Waals surface area contributed by atoms with E-state index in [2.05, 4.69) is 312 Å². The van der Waals surface area contributed by atoms with Crippen molar-refractivity contribution in [2.75, 3.05) is 0 Å². The summed E-state index contributed by atoms with van der Waals surface area (Å²) in [7, 11) is -0.739. The smallest absolute Gasteiger partial charge is 1.00 e. The van der Waals surface area contributed by atoms with Gasteiger partial charge < -0.3 is 24.8 Å². The fourth-order valence-electron chi connectivity index (χ4n) is 12.2. The Morgan fingerprint density at radius 1 is 0.237 bits per heavy atom. The first kappa shape index (κ1) is 73.1. The van der Waals surface area contributed by atoms with Crippen LogP contribution in [-0.4, -0.2) is 41.2 Å². The van der Waals surface area contributed by atoms with E-state index < -0.39 is 0 Å². The van der Waals surface area contributed by atoms with Crippen LogP contribution >= 0.6 is 31.7 Å². The van der Waals surface area contributed by atoms with Crippen LogP contribution in [0.5, 0.6) is 0 Å². The van der Waals surface area contributed by atoms with Gasteiger partial charge in [-0.05, 0) is 41.2 Å². The van der Waals surface area contributed by atoms with Gasteiger partial charge in [0, 0.05) is 0 Å². The second-order valence-corrected chi connectivity index (χ2v) is 43.6. The van der Waals surface area contributed by atoms with Gasteiger partial charge in [-0.25, -0.2) is 0 Å². The Kier molecular flexibility index (Phi) is 26.8. The Balaban J connectivity index is 0.000000498. The second-order valence-electron chi connectivity index (χ2n) is 28.1. The van der Waals surface area contributed by atoms with Crippen molar-refractivity contribution < 1.29 is 68.2 Å². The van der Waals surface area contributed by atoms with Crippen molar-refractivity contribution in [3.8, 4) is 0 Å². The van der Waals surface area contributed by atoms with Gasteiger partial charge in [0.2, 0.25) is 0 Å². The van der Waals surface area contributed by atoms with Crippen LogP contribution in [0.3, 0.4) is 0 Å². The van der Waals surface area contributed by atoms with Crippen molar-refractivity contribution in [2.45, 2.75) is 207 Å². The third-order valence-electron chi connectivity index (χ3n) is 12.8. The first-order valence-electron chi connectivity index (χ1n) is 26.6. The number of hydrogen-bond acceptors (Lipinski definition) is 0. The minimum Gasteiger partial charge on any atom is -1.00 e. The molecule has 8 aromatic carbocycles. The minimum absolute atomic E-state index is 0. The molecule has 0 fully saturated rings. The van der Waals surface area contributed by atoms with E-state index in [0.717, 1.165) is 0 Å². The molecule has 0 aliphatic rings. The molecule has 0 aromatic heterocycles. The first-order valence-corrected chi connectivity index (χ1v) is 32.0. The molecule has 0 amide bonds. The van der Waals surface area contributed by atoms with Gasteiger partial charge in [-0.3, -0.25) is 0 Å². The summed E-state index contributed by atoms with van der Waals surface area (Å²) in [5, 5.41) is 20.0. The van der Waals surface area contributed by atoms with Crippen LogP contribution in [0.4, 0.5) is 0 Å². The Morgan fingerprint density at radius 2 is 0.368 bits per heavy atom. The summed E-state index contributed by atoms with van der Waals surface area (Å²) in [5.41, 5.74) is 0. The summed E-state index contributed by atoms with van der Waals surface area (Å²) in [6.45, 7) is 57.0. The van der Waals surface area contributed by atoms with Crippen LogP contribution < -0.4 is 46.0 Å². The molecule has 8 heteroatoms. The Labute approximate surface area is 512 Å². The van der Waals surface area contributed by atoms with Crippen LogP contribution in [0.1, 0.15) is 166 Å². The molecule has 0 saturated carbocycles. The van der Waals surface area contributed by atoms with Crippen molar-refractivity contribution in [3.63, 3.8) is 0 Å². The SMILES string of the molecule is CC(C)(C)P(c1cc2ccccc2[cH-]1)C(C)(C)C.CC(C)(C)P(c1cc2ccccc2[cH-]1)C(C)(C)C.CC(C)(C)P(c1cc2ccccc2[cH-]1)C(C)(C)C.CC(C)(C)P(c1cc2ccccc2[cH-]1)C(C)(C)C.[Cl-].[Cl-].[Ti+2].[Ti+2]. The molecule has 0 bridgehead atoms. The third-order valence-corrected chi connectivity index (χ3v) is 26.6. The molecule has 0 aliphatic heterocycles. The van der Waals surface area contributed by atoms with Gasteiger partial charge in [0.05, 0.1) is 0 Å². The maximum Gasteiger partial charge on any atom is 2.00 e. The Hall–Kier alpha value is -0.951. The number of halogens is 2. The largest absolute Gasteiger partial charge is 2.00 e. The van der Waals surface area contributed by atoms with Gasteiger partial charge in [-0.2, -0.15) is 24.3 Å². The van der Waals surface area contributed by atoms with Crippen LogP contribution in [0.2, 0.25) is 0 Å². The summed E-state index contributed by atoms with van der Waals surface area (Å²) < 4.78 is 0. The number of hydrogen-bond donors (Lipinski definition) is 0.